The Morgan fingerprint density at radius 3 is 2.63 bits per heavy atom. The molecular formula is C26H22FN3O8. The van der Waals surface area contributed by atoms with Gasteiger partial charge in [0.05, 0.1) is 20.8 Å². The minimum absolute atomic E-state index is 0.0583. The van der Waals surface area contributed by atoms with Crippen molar-refractivity contribution < 1.29 is 42.2 Å². The van der Waals surface area contributed by atoms with Crippen molar-refractivity contribution in [1.29, 1.82) is 0 Å². The molecule has 38 heavy (non-hydrogen) atoms. The molecule has 1 saturated heterocycles. The van der Waals surface area contributed by atoms with Crippen molar-refractivity contribution in [3.8, 4) is 11.5 Å². The molecule has 0 saturated carbocycles. The normalized spacial score (nSPS) is 13.9. The third-order valence-electron chi connectivity index (χ3n) is 5.31. The lowest BCUT2D eigenvalue weighted by atomic mass is 10.1. The van der Waals surface area contributed by atoms with Gasteiger partial charge in [-0.1, -0.05) is 18.2 Å². The largest absolute Gasteiger partial charge is 0.493 e. The quantitative estimate of drug-likeness (QED) is 0.248. The highest BCUT2D eigenvalue weighted by Gasteiger charge is 2.34. The topological polar surface area (TPSA) is 136 Å². The summed E-state index contributed by atoms with van der Waals surface area (Å²) in [5, 5.41) is 5.01. The van der Waals surface area contributed by atoms with Gasteiger partial charge in [-0.05, 0) is 42.5 Å². The van der Waals surface area contributed by atoms with E-state index in [1.165, 1.54) is 50.6 Å². The van der Waals surface area contributed by atoms with Crippen molar-refractivity contribution in [3.05, 3.63) is 83.2 Å². The highest BCUT2D eigenvalue weighted by Crippen LogP contribution is 2.33. The Bertz CT molecular complexity index is 1430. The highest BCUT2D eigenvalue weighted by atomic mass is 19.1. The summed E-state index contributed by atoms with van der Waals surface area (Å²) in [6, 6.07) is 12.4. The first-order valence-electron chi connectivity index (χ1n) is 11.2. The predicted octanol–water partition coefficient (Wildman–Crippen LogP) is 3.32. The van der Waals surface area contributed by atoms with Crippen LogP contribution in [0.15, 0.2) is 64.7 Å². The van der Waals surface area contributed by atoms with Gasteiger partial charge in [-0.15, -0.1) is 0 Å². The summed E-state index contributed by atoms with van der Waals surface area (Å²) in [5.74, 6) is -1.84. The number of carbonyl (C=O) groups excluding carboxylic acids is 4. The average molecular weight is 523 g/mol. The second-order valence-corrected chi connectivity index (χ2v) is 7.86. The summed E-state index contributed by atoms with van der Waals surface area (Å²) in [7, 11) is 2.61. The number of urea groups is 1. The van der Waals surface area contributed by atoms with Crippen LogP contribution in [0.25, 0.3) is 6.08 Å². The molecule has 1 aliphatic heterocycles. The molecule has 2 heterocycles. The molecule has 196 valence electrons. The molecule has 3 aromatic rings. The average Bonchev–Trinajstić information content (AvgIpc) is 3.47. The monoisotopic (exact) mass is 523 g/mol. The van der Waals surface area contributed by atoms with E-state index < -0.39 is 36.2 Å². The van der Waals surface area contributed by atoms with Crippen LogP contribution in [0.3, 0.4) is 0 Å². The fourth-order valence-corrected chi connectivity index (χ4v) is 3.56. The first-order valence-corrected chi connectivity index (χ1v) is 11.2. The Balaban J connectivity index is 1.50. The number of hydrogen-bond donors (Lipinski definition) is 2. The summed E-state index contributed by atoms with van der Waals surface area (Å²) < 4.78 is 34.3. The molecule has 2 N–H and O–H groups in total. The number of rotatable bonds is 9. The van der Waals surface area contributed by atoms with Crippen LogP contribution in [-0.2, 0) is 20.9 Å². The smallest absolute Gasteiger partial charge is 0.373 e. The molecule has 1 aliphatic rings. The molecule has 4 amide bonds. The number of furan rings is 1. The maximum Gasteiger partial charge on any atom is 0.373 e. The van der Waals surface area contributed by atoms with Gasteiger partial charge < -0.3 is 29.3 Å². The Hall–Kier alpha value is -5.13. The Labute approximate surface area is 215 Å². The number of imide groups is 1. The van der Waals surface area contributed by atoms with Crippen LogP contribution < -0.4 is 20.1 Å². The molecular weight excluding hydrogens is 501 g/mol. The highest BCUT2D eigenvalue weighted by molar-refractivity contribution is 6.14. The second-order valence-electron chi connectivity index (χ2n) is 7.86. The van der Waals surface area contributed by atoms with E-state index in [1.54, 1.807) is 18.2 Å². The molecule has 1 fully saturated rings. The summed E-state index contributed by atoms with van der Waals surface area (Å²) in [6.45, 7) is -0.665. The van der Waals surface area contributed by atoms with Crippen molar-refractivity contribution in [1.82, 2.24) is 10.2 Å². The van der Waals surface area contributed by atoms with Crippen molar-refractivity contribution in [3.63, 3.8) is 0 Å². The summed E-state index contributed by atoms with van der Waals surface area (Å²) in [5.41, 5.74) is 0.548. The number of ether oxygens (including phenoxy) is 3. The Kier molecular flexibility index (Phi) is 7.71. The van der Waals surface area contributed by atoms with Gasteiger partial charge in [0.25, 0.3) is 11.8 Å². The van der Waals surface area contributed by atoms with E-state index in [1.807, 2.05) is 0 Å². The minimum Gasteiger partial charge on any atom is -0.493 e. The van der Waals surface area contributed by atoms with E-state index in [0.29, 0.717) is 5.56 Å². The number of anilines is 1. The van der Waals surface area contributed by atoms with E-state index in [-0.39, 0.29) is 40.9 Å². The van der Waals surface area contributed by atoms with Gasteiger partial charge in [-0.3, -0.25) is 14.5 Å². The second kappa shape index (κ2) is 11.3. The summed E-state index contributed by atoms with van der Waals surface area (Å²) in [6.07, 6.45) is 1.38. The molecule has 4 rings (SSSR count). The first-order chi connectivity index (χ1) is 18.3. The molecule has 0 atom stereocenters. The zero-order valence-electron chi connectivity index (χ0n) is 20.3. The Morgan fingerprint density at radius 2 is 1.89 bits per heavy atom. The maximum atomic E-state index is 13.4. The van der Waals surface area contributed by atoms with Crippen molar-refractivity contribution in [2.75, 3.05) is 26.1 Å². The SMILES string of the molecule is COC(=O)c1ccc(CN2C(=O)N/C(=C\c3cccc(OC)c3OCC(=O)Nc3cccc(F)c3)C2=O)o1. The van der Waals surface area contributed by atoms with E-state index in [0.717, 1.165) is 11.0 Å². The number of methoxy groups -OCH3 is 2. The number of halogens is 1. The third kappa shape index (κ3) is 5.81. The third-order valence-corrected chi connectivity index (χ3v) is 5.31. The molecule has 11 nitrogen and oxygen atoms in total. The van der Waals surface area contributed by atoms with Crippen molar-refractivity contribution >= 4 is 35.6 Å². The number of nitrogens with zero attached hydrogens (tertiary/aromatic N) is 1. The Morgan fingerprint density at radius 1 is 1.11 bits per heavy atom. The summed E-state index contributed by atoms with van der Waals surface area (Å²) in [4.78, 5) is 50.3. The van der Waals surface area contributed by atoms with Gasteiger partial charge >= 0.3 is 12.0 Å². The predicted molar refractivity (Wildman–Crippen MR) is 131 cm³/mol. The van der Waals surface area contributed by atoms with Crippen LogP contribution in [0.5, 0.6) is 11.5 Å². The van der Waals surface area contributed by atoms with Crippen LogP contribution in [0, 0.1) is 5.82 Å². The number of nitrogens with one attached hydrogen (secondary N) is 2. The van der Waals surface area contributed by atoms with E-state index in [4.69, 9.17) is 13.9 Å². The molecule has 12 heteroatoms. The zero-order chi connectivity index (χ0) is 27.2. The van der Waals surface area contributed by atoms with Crippen molar-refractivity contribution in [2.24, 2.45) is 0 Å². The minimum atomic E-state index is -0.697. The molecule has 0 bridgehead atoms. The molecule has 0 aliphatic carbocycles. The number of carbonyl (C=O) groups is 4. The van der Waals surface area contributed by atoms with Crippen LogP contribution >= 0.6 is 0 Å². The number of esters is 1. The molecule has 2 aromatic carbocycles. The van der Waals surface area contributed by atoms with E-state index >= 15 is 0 Å². The fourth-order valence-electron chi connectivity index (χ4n) is 3.56. The van der Waals surface area contributed by atoms with Crippen LogP contribution in [0.2, 0.25) is 0 Å². The van der Waals surface area contributed by atoms with Gasteiger partial charge in [-0.2, -0.15) is 0 Å². The van der Waals surface area contributed by atoms with E-state index in [2.05, 4.69) is 15.4 Å². The van der Waals surface area contributed by atoms with Gasteiger partial charge in [0.1, 0.15) is 17.3 Å². The number of benzene rings is 2. The van der Waals surface area contributed by atoms with Crippen molar-refractivity contribution in [2.45, 2.75) is 6.54 Å². The van der Waals surface area contributed by atoms with Gasteiger partial charge in [0.15, 0.2) is 18.1 Å². The molecule has 0 unspecified atom stereocenters. The lowest BCUT2D eigenvalue weighted by molar-refractivity contribution is -0.123. The zero-order valence-corrected chi connectivity index (χ0v) is 20.3. The lowest BCUT2D eigenvalue weighted by Gasteiger charge is -2.14. The first kappa shape index (κ1) is 25.9. The fraction of sp³-hybridized carbons (Fsp3) is 0.154. The van der Waals surface area contributed by atoms with Gasteiger partial charge in [0, 0.05) is 11.3 Å². The van der Waals surface area contributed by atoms with Gasteiger partial charge in [-0.25, -0.2) is 14.0 Å². The van der Waals surface area contributed by atoms with Gasteiger partial charge in [0.2, 0.25) is 5.76 Å². The van der Waals surface area contributed by atoms with Crippen LogP contribution in [-0.4, -0.2) is 49.5 Å². The van der Waals surface area contributed by atoms with E-state index in [9.17, 15) is 23.6 Å². The molecule has 0 spiro atoms. The summed E-state index contributed by atoms with van der Waals surface area (Å²) >= 11 is 0. The standard InChI is InChI=1S/C26H22FN3O8/c1-35-20-8-3-5-15(23(20)37-14-22(31)28-17-7-4-6-16(27)12-17)11-19-24(32)30(26(34)29-19)13-18-9-10-21(38-18)25(33)36-2/h3-12H,13-14H2,1-2H3,(H,28,31)(H,29,34)/b19-11-. The number of amides is 4. The lowest BCUT2D eigenvalue weighted by Crippen LogP contribution is -2.30. The van der Waals surface area contributed by atoms with Crippen LogP contribution in [0.4, 0.5) is 14.9 Å². The molecule has 1 aromatic heterocycles. The maximum absolute atomic E-state index is 13.4. The number of para-hydroxylation sites is 1. The number of hydrogen-bond acceptors (Lipinski definition) is 8. The molecule has 0 radical (unpaired) electrons. The van der Waals surface area contributed by atoms with Crippen LogP contribution in [0.1, 0.15) is 21.9 Å².